The standard InChI is InChI=1S/C17H27NO2/c19-16(15-13-11-5-6-12(9-11)14(13)15)18-10-17(20)7-3-1-2-4-8-17/h11-15,20H,1-10H2,(H,18,19). The van der Waals surface area contributed by atoms with E-state index < -0.39 is 5.60 Å². The zero-order chi connectivity index (χ0) is 13.7. The molecule has 0 aromatic rings. The number of amides is 1. The van der Waals surface area contributed by atoms with Gasteiger partial charge in [-0.15, -0.1) is 0 Å². The van der Waals surface area contributed by atoms with E-state index in [2.05, 4.69) is 5.32 Å². The van der Waals surface area contributed by atoms with Gasteiger partial charge in [-0.3, -0.25) is 4.79 Å². The van der Waals surface area contributed by atoms with Crippen LogP contribution in [0.25, 0.3) is 0 Å². The SMILES string of the molecule is O=C(NCC1(O)CCCCCC1)C1C2C3CCC(C3)C12. The fraction of sp³-hybridized carbons (Fsp3) is 0.941. The predicted octanol–water partition coefficient (Wildman–Crippen LogP) is 2.48. The van der Waals surface area contributed by atoms with E-state index in [1.807, 2.05) is 0 Å². The van der Waals surface area contributed by atoms with Gasteiger partial charge in [0.2, 0.25) is 5.91 Å². The molecule has 4 aliphatic carbocycles. The third-order valence-electron chi connectivity index (χ3n) is 6.66. The van der Waals surface area contributed by atoms with Crippen LogP contribution in [-0.2, 0) is 4.79 Å². The van der Waals surface area contributed by atoms with Crippen molar-refractivity contribution in [2.45, 2.75) is 63.4 Å². The minimum atomic E-state index is -0.630. The Labute approximate surface area is 121 Å². The van der Waals surface area contributed by atoms with E-state index in [0.717, 1.165) is 37.5 Å². The summed E-state index contributed by atoms with van der Waals surface area (Å²) in [5.74, 6) is 3.66. The normalized spacial score (nSPS) is 44.8. The maximum Gasteiger partial charge on any atom is 0.223 e. The van der Waals surface area contributed by atoms with Gasteiger partial charge in [0.1, 0.15) is 0 Å². The first-order valence-corrected chi connectivity index (χ1v) is 8.68. The third-order valence-corrected chi connectivity index (χ3v) is 6.66. The summed E-state index contributed by atoms with van der Waals surface area (Å²) >= 11 is 0. The van der Waals surface area contributed by atoms with E-state index in [1.165, 1.54) is 32.1 Å². The maximum absolute atomic E-state index is 12.4. The van der Waals surface area contributed by atoms with Crippen LogP contribution in [0.15, 0.2) is 0 Å². The minimum absolute atomic E-state index is 0.245. The van der Waals surface area contributed by atoms with E-state index in [1.54, 1.807) is 0 Å². The zero-order valence-corrected chi connectivity index (χ0v) is 12.3. The lowest BCUT2D eigenvalue weighted by Gasteiger charge is -2.27. The Kier molecular flexibility index (Phi) is 3.10. The molecule has 4 aliphatic rings. The lowest BCUT2D eigenvalue weighted by atomic mass is 9.94. The van der Waals surface area contributed by atoms with Gasteiger partial charge in [0.25, 0.3) is 0 Å². The van der Waals surface area contributed by atoms with E-state index in [4.69, 9.17) is 0 Å². The van der Waals surface area contributed by atoms with Crippen LogP contribution in [0.2, 0.25) is 0 Å². The molecule has 4 rings (SSSR count). The van der Waals surface area contributed by atoms with Crippen molar-refractivity contribution in [3.05, 3.63) is 0 Å². The molecule has 0 aromatic heterocycles. The molecule has 3 heteroatoms. The van der Waals surface area contributed by atoms with Gasteiger partial charge in [-0.2, -0.15) is 0 Å². The molecule has 4 saturated carbocycles. The van der Waals surface area contributed by atoms with Crippen LogP contribution < -0.4 is 5.32 Å². The molecule has 1 amide bonds. The number of rotatable bonds is 3. The second-order valence-corrected chi connectivity index (χ2v) is 7.87. The molecular formula is C17H27NO2. The molecule has 0 heterocycles. The van der Waals surface area contributed by atoms with Crippen LogP contribution in [0.1, 0.15) is 57.8 Å². The molecule has 3 nitrogen and oxygen atoms in total. The van der Waals surface area contributed by atoms with Gasteiger partial charge in [-0.1, -0.05) is 25.7 Å². The topological polar surface area (TPSA) is 49.3 Å². The molecule has 0 saturated heterocycles. The van der Waals surface area contributed by atoms with E-state index in [0.29, 0.717) is 24.3 Å². The Hall–Kier alpha value is -0.570. The second kappa shape index (κ2) is 4.72. The molecular weight excluding hydrogens is 250 g/mol. The van der Waals surface area contributed by atoms with Crippen molar-refractivity contribution in [3.63, 3.8) is 0 Å². The van der Waals surface area contributed by atoms with Gasteiger partial charge in [-0.25, -0.2) is 0 Å². The molecule has 112 valence electrons. The summed E-state index contributed by atoms with van der Waals surface area (Å²) in [7, 11) is 0. The van der Waals surface area contributed by atoms with Crippen LogP contribution >= 0.6 is 0 Å². The summed E-state index contributed by atoms with van der Waals surface area (Å²) in [5, 5.41) is 13.7. The van der Waals surface area contributed by atoms with Crippen LogP contribution in [0.3, 0.4) is 0 Å². The third kappa shape index (κ3) is 2.09. The van der Waals surface area contributed by atoms with E-state index in [9.17, 15) is 9.90 Å². The van der Waals surface area contributed by atoms with E-state index >= 15 is 0 Å². The lowest BCUT2D eigenvalue weighted by Crippen LogP contribution is -2.43. The molecule has 20 heavy (non-hydrogen) atoms. The number of fused-ring (bicyclic) bond motifs is 5. The Morgan fingerprint density at radius 2 is 1.65 bits per heavy atom. The Morgan fingerprint density at radius 3 is 2.25 bits per heavy atom. The summed E-state index contributed by atoms with van der Waals surface area (Å²) < 4.78 is 0. The first kappa shape index (κ1) is 13.1. The van der Waals surface area contributed by atoms with Gasteiger partial charge in [0.15, 0.2) is 0 Å². The fourth-order valence-electron chi connectivity index (χ4n) is 5.61. The molecule has 0 aliphatic heterocycles. The van der Waals surface area contributed by atoms with Crippen molar-refractivity contribution in [2.24, 2.45) is 29.6 Å². The van der Waals surface area contributed by atoms with Crippen molar-refractivity contribution in [2.75, 3.05) is 6.54 Å². The fourth-order valence-corrected chi connectivity index (χ4v) is 5.61. The summed E-state index contributed by atoms with van der Waals surface area (Å²) in [5.41, 5.74) is -0.630. The predicted molar refractivity (Wildman–Crippen MR) is 77.0 cm³/mol. The highest BCUT2D eigenvalue weighted by atomic mass is 16.3. The Morgan fingerprint density at radius 1 is 1.05 bits per heavy atom. The van der Waals surface area contributed by atoms with Gasteiger partial charge in [0, 0.05) is 12.5 Å². The average Bonchev–Trinajstić information content (AvgIpc) is 2.99. The molecule has 0 spiro atoms. The van der Waals surface area contributed by atoms with Crippen molar-refractivity contribution in [3.8, 4) is 0 Å². The Balaban J connectivity index is 1.31. The quantitative estimate of drug-likeness (QED) is 0.779. The first-order chi connectivity index (χ1) is 9.68. The van der Waals surface area contributed by atoms with Gasteiger partial charge in [0.05, 0.1) is 5.60 Å². The highest BCUT2D eigenvalue weighted by Crippen LogP contribution is 2.69. The number of aliphatic hydroxyl groups is 1. The van der Waals surface area contributed by atoms with Gasteiger partial charge >= 0.3 is 0 Å². The lowest BCUT2D eigenvalue weighted by molar-refractivity contribution is -0.124. The van der Waals surface area contributed by atoms with E-state index in [-0.39, 0.29) is 5.91 Å². The van der Waals surface area contributed by atoms with Crippen molar-refractivity contribution >= 4 is 5.91 Å². The number of carbonyl (C=O) groups excluding carboxylic acids is 1. The molecule has 0 aromatic carbocycles. The van der Waals surface area contributed by atoms with Gasteiger partial charge in [-0.05, 0) is 55.8 Å². The van der Waals surface area contributed by atoms with Crippen LogP contribution in [0.4, 0.5) is 0 Å². The molecule has 2 N–H and O–H groups in total. The smallest absolute Gasteiger partial charge is 0.223 e. The summed E-state index contributed by atoms with van der Waals surface area (Å²) in [6.07, 6.45) is 10.5. The van der Waals surface area contributed by atoms with Crippen molar-refractivity contribution in [1.29, 1.82) is 0 Å². The zero-order valence-electron chi connectivity index (χ0n) is 12.3. The van der Waals surface area contributed by atoms with Crippen molar-refractivity contribution < 1.29 is 9.90 Å². The highest BCUT2D eigenvalue weighted by Gasteiger charge is 2.67. The average molecular weight is 277 g/mol. The van der Waals surface area contributed by atoms with Crippen LogP contribution in [-0.4, -0.2) is 23.2 Å². The minimum Gasteiger partial charge on any atom is -0.388 e. The van der Waals surface area contributed by atoms with Gasteiger partial charge < -0.3 is 10.4 Å². The molecule has 4 unspecified atom stereocenters. The monoisotopic (exact) mass is 277 g/mol. The number of hydrogen-bond acceptors (Lipinski definition) is 2. The first-order valence-electron chi connectivity index (χ1n) is 8.68. The number of carbonyl (C=O) groups is 1. The summed E-state index contributed by atoms with van der Waals surface area (Å²) in [6.45, 7) is 0.483. The number of nitrogens with one attached hydrogen (secondary N) is 1. The maximum atomic E-state index is 12.4. The molecule has 2 bridgehead atoms. The molecule has 4 fully saturated rings. The number of hydrogen-bond donors (Lipinski definition) is 2. The summed E-state index contributed by atoms with van der Waals surface area (Å²) in [6, 6.07) is 0. The summed E-state index contributed by atoms with van der Waals surface area (Å²) in [4.78, 5) is 12.4. The molecule has 0 radical (unpaired) electrons. The second-order valence-electron chi connectivity index (χ2n) is 7.87. The molecule has 4 atom stereocenters. The Bertz CT molecular complexity index is 384. The largest absolute Gasteiger partial charge is 0.388 e. The highest BCUT2D eigenvalue weighted by molar-refractivity contribution is 5.82. The van der Waals surface area contributed by atoms with Crippen LogP contribution in [0.5, 0.6) is 0 Å². The van der Waals surface area contributed by atoms with Crippen molar-refractivity contribution in [1.82, 2.24) is 5.32 Å². The van der Waals surface area contributed by atoms with Crippen LogP contribution in [0, 0.1) is 29.6 Å².